The number of nitrogens with zero attached hydrogens (tertiary/aromatic N) is 1. The highest BCUT2D eigenvalue weighted by molar-refractivity contribution is 9.10. The molecule has 0 bridgehead atoms. The van der Waals surface area contributed by atoms with Gasteiger partial charge in [-0.15, -0.1) is 0 Å². The molecule has 0 fully saturated rings. The Kier molecular flexibility index (Phi) is 4.49. The molecule has 0 aliphatic heterocycles. The Bertz CT molecular complexity index is 621. The number of amides is 1. The van der Waals surface area contributed by atoms with Gasteiger partial charge in [-0.25, -0.2) is 0 Å². The lowest BCUT2D eigenvalue weighted by molar-refractivity contribution is 0.0775. The second-order valence-electron chi connectivity index (χ2n) is 4.52. The van der Waals surface area contributed by atoms with Gasteiger partial charge in [-0.3, -0.25) is 4.79 Å². The summed E-state index contributed by atoms with van der Waals surface area (Å²) in [6.45, 7) is 2.32. The van der Waals surface area contributed by atoms with E-state index in [1.54, 1.807) is 37.3 Å². The highest BCUT2D eigenvalue weighted by atomic mass is 79.9. The number of methoxy groups -OCH3 is 1. The fourth-order valence-corrected chi connectivity index (χ4v) is 2.44. The van der Waals surface area contributed by atoms with Gasteiger partial charge in [-0.2, -0.15) is 0 Å². The summed E-state index contributed by atoms with van der Waals surface area (Å²) in [6, 6.07) is 9.03. The third-order valence-corrected chi connectivity index (χ3v) is 3.55. The highest BCUT2D eigenvalue weighted by Gasteiger charge is 2.15. The maximum absolute atomic E-state index is 12.3. The molecule has 0 aliphatic rings. The second-order valence-corrected chi connectivity index (χ2v) is 5.38. The summed E-state index contributed by atoms with van der Waals surface area (Å²) >= 11 is 3.38. The lowest BCUT2D eigenvalue weighted by atomic mass is 10.2. The van der Waals surface area contributed by atoms with E-state index < -0.39 is 0 Å². The topological polar surface area (TPSA) is 42.7 Å². The first kappa shape index (κ1) is 14.7. The van der Waals surface area contributed by atoms with E-state index in [-0.39, 0.29) is 5.91 Å². The minimum Gasteiger partial charge on any atom is -0.496 e. The van der Waals surface area contributed by atoms with Gasteiger partial charge in [0.25, 0.3) is 5.91 Å². The summed E-state index contributed by atoms with van der Waals surface area (Å²) in [5.41, 5.74) is 0.600. The van der Waals surface area contributed by atoms with E-state index in [2.05, 4.69) is 15.9 Å². The largest absolute Gasteiger partial charge is 0.496 e. The lowest BCUT2D eigenvalue weighted by Crippen LogP contribution is -2.26. The Morgan fingerprint density at radius 2 is 2.10 bits per heavy atom. The molecule has 20 heavy (non-hydrogen) atoms. The van der Waals surface area contributed by atoms with Crippen LogP contribution in [0.5, 0.6) is 5.75 Å². The summed E-state index contributed by atoms with van der Waals surface area (Å²) in [4.78, 5) is 13.9. The number of hydrogen-bond acceptors (Lipinski definition) is 3. The third-order valence-electron chi connectivity index (χ3n) is 2.93. The quantitative estimate of drug-likeness (QED) is 0.855. The highest BCUT2D eigenvalue weighted by Crippen LogP contribution is 2.26. The minimum absolute atomic E-state index is 0.0672. The van der Waals surface area contributed by atoms with Crippen LogP contribution >= 0.6 is 15.9 Å². The molecular formula is C15H16BrNO3. The smallest absolute Gasteiger partial charge is 0.254 e. The van der Waals surface area contributed by atoms with Crippen molar-refractivity contribution < 1.29 is 13.9 Å². The van der Waals surface area contributed by atoms with E-state index in [9.17, 15) is 4.79 Å². The molecule has 0 atom stereocenters. The van der Waals surface area contributed by atoms with Crippen molar-refractivity contribution in [3.8, 4) is 5.75 Å². The predicted octanol–water partition coefficient (Wildman–Crippen LogP) is 3.63. The Labute approximate surface area is 126 Å². The molecular weight excluding hydrogens is 322 g/mol. The van der Waals surface area contributed by atoms with Crippen molar-refractivity contribution in [2.75, 3.05) is 14.2 Å². The van der Waals surface area contributed by atoms with Gasteiger partial charge in [0.05, 0.1) is 18.1 Å². The van der Waals surface area contributed by atoms with Crippen molar-refractivity contribution in [1.82, 2.24) is 4.90 Å². The molecule has 0 N–H and O–H groups in total. The molecule has 1 heterocycles. The van der Waals surface area contributed by atoms with Crippen LogP contribution in [0.4, 0.5) is 0 Å². The summed E-state index contributed by atoms with van der Waals surface area (Å²) in [7, 11) is 3.34. The van der Waals surface area contributed by atoms with Crippen LogP contribution in [0, 0.1) is 6.92 Å². The van der Waals surface area contributed by atoms with E-state index in [0.717, 1.165) is 16.0 Å². The van der Waals surface area contributed by atoms with E-state index in [1.165, 1.54) is 0 Å². The molecule has 0 spiro atoms. The van der Waals surface area contributed by atoms with Crippen molar-refractivity contribution in [2.24, 2.45) is 0 Å². The van der Waals surface area contributed by atoms with Gasteiger partial charge in [-0.1, -0.05) is 0 Å². The summed E-state index contributed by atoms with van der Waals surface area (Å²) in [5, 5.41) is 0. The van der Waals surface area contributed by atoms with Crippen LogP contribution in [0.2, 0.25) is 0 Å². The molecule has 1 aromatic carbocycles. The number of carbonyl (C=O) groups is 1. The van der Waals surface area contributed by atoms with Crippen LogP contribution in [0.3, 0.4) is 0 Å². The number of benzene rings is 1. The van der Waals surface area contributed by atoms with Crippen molar-refractivity contribution >= 4 is 21.8 Å². The SMILES string of the molecule is COc1ccc(C(=O)N(C)Cc2ccc(C)o2)cc1Br. The van der Waals surface area contributed by atoms with Crippen LogP contribution in [-0.4, -0.2) is 25.0 Å². The van der Waals surface area contributed by atoms with Crippen LogP contribution in [-0.2, 0) is 6.54 Å². The average molecular weight is 338 g/mol. The fourth-order valence-electron chi connectivity index (χ4n) is 1.90. The first-order chi connectivity index (χ1) is 9.51. The van der Waals surface area contributed by atoms with Gasteiger partial charge >= 0.3 is 0 Å². The maximum atomic E-state index is 12.3. The molecule has 0 aliphatic carbocycles. The average Bonchev–Trinajstić information content (AvgIpc) is 2.83. The molecule has 4 nitrogen and oxygen atoms in total. The third kappa shape index (κ3) is 3.22. The summed E-state index contributed by atoms with van der Waals surface area (Å²) in [5.74, 6) is 2.24. The van der Waals surface area contributed by atoms with Crippen LogP contribution in [0.15, 0.2) is 39.2 Å². The number of ether oxygens (including phenoxy) is 1. The first-order valence-corrected chi connectivity index (χ1v) is 6.95. The molecule has 0 saturated carbocycles. The monoisotopic (exact) mass is 337 g/mol. The van der Waals surface area contributed by atoms with Crippen LogP contribution in [0.25, 0.3) is 0 Å². The molecule has 0 saturated heterocycles. The molecule has 1 amide bonds. The predicted molar refractivity (Wildman–Crippen MR) is 79.9 cm³/mol. The van der Waals surface area contributed by atoms with E-state index >= 15 is 0 Å². The van der Waals surface area contributed by atoms with Gasteiger partial charge in [-0.05, 0) is 53.2 Å². The number of carbonyl (C=O) groups excluding carboxylic acids is 1. The molecule has 0 radical (unpaired) electrons. The Morgan fingerprint density at radius 3 is 2.65 bits per heavy atom. The number of rotatable bonds is 4. The van der Waals surface area contributed by atoms with E-state index in [0.29, 0.717) is 17.9 Å². The number of hydrogen-bond donors (Lipinski definition) is 0. The Morgan fingerprint density at radius 1 is 1.35 bits per heavy atom. The Balaban J connectivity index is 2.12. The standard InChI is InChI=1S/C15H16BrNO3/c1-10-4-6-12(20-10)9-17(2)15(18)11-5-7-14(19-3)13(16)8-11/h4-8H,9H2,1-3H3. The zero-order chi connectivity index (χ0) is 14.7. The summed E-state index contributed by atoms with van der Waals surface area (Å²) < 4.78 is 11.4. The van der Waals surface area contributed by atoms with Gasteiger partial charge in [0.1, 0.15) is 17.3 Å². The molecule has 0 unspecified atom stereocenters. The summed E-state index contributed by atoms with van der Waals surface area (Å²) in [6.07, 6.45) is 0. The molecule has 106 valence electrons. The van der Waals surface area contributed by atoms with Gasteiger partial charge < -0.3 is 14.1 Å². The van der Waals surface area contributed by atoms with Gasteiger partial charge in [0.2, 0.25) is 0 Å². The van der Waals surface area contributed by atoms with Crippen LogP contribution in [0.1, 0.15) is 21.9 Å². The Hall–Kier alpha value is -1.75. The number of furan rings is 1. The van der Waals surface area contributed by atoms with Crippen molar-refractivity contribution in [2.45, 2.75) is 13.5 Å². The fraction of sp³-hybridized carbons (Fsp3) is 0.267. The van der Waals surface area contributed by atoms with Crippen molar-refractivity contribution in [3.63, 3.8) is 0 Å². The second kappa shape index (κ2) is 6.13. The van der Waals surface area contributed by atoms with Gasteiger partial charge in [0.15, 0.2) is 0 Å². The minimum atomic E-state index is -0.0672. The molecule has 2 aromatic rings. The number of halogens is 1. The normalized spacial score (nSPS) is 10.4. The maximum Gasteiger partial charge on any atom is 0.254 e. The van der Waals surface area contributed by atoms with Crippen molar-refractivity contribution in [1.29, 1.82) is 0 Å². The van der Waals surface area contributed by atoms with Crippen LogP contribution < -0.4 is 4.74 Å². The zero-order valence-electron chi connectivity index (χ0n) is 11.6. The van der Waals surface area contributed by atoms with E-state index in [4.69, 9.17) is 9.15 Å². The lowest BCUT2D eigenvalue weighted by Gasteiger charge is -2.16. The number of aryl methyl sites for hydroxylation is 1. The zero-order valence-corrected chi connectivity index (χ0v) is 13.2. The first-order valence-electron chi connectivity index (χ1n) is 6.15. The van der Waals surface area contributed by atoms with E-state index in [1.807, 2.05) is 19.1 Å². The molecule has 5 heteroatoms. The van der Waals surface area contributed by atoms with Gasteiger partial charge in [0, 0.05) is 12.6 Å². The van der Waals surface area contributed by atoms with Crippen molar-refractivity contribution in [3.05, 3.63) is 51.9 Å². The molecule has 1 aromatic heterocycles. The molecule has 2 rings (SSSR count).